The van der Waals surface area contributed by atoms with Crippen molar-refractivity contribution in [3.05, 3.63) is 46.7 Å². The number of aryl methyl sites for hydroxylation is 1. The molecule has 1 aromatic carbocycles. The van der Waals surface area contributed by atoms with Crippen molar-refractivity contribution in [3.8, 4) is 0 Å². The number of thioether (sulfide) groups is 1. The van der Waals surface area contributed by atoms with E-state index in [9.17, 15) is 24.6 Å². The molecule has 9 heteroatoms. The summed E-state index contributed by atoms with van der Waals surface area (Å²) in [6, 6.07) is 5.43. The van der Waals surface area contributed by atoms with Gasteiger partial charge in [-0.25, -0.2) is 4.79 Å². The Bertz CT molecular complexity index is 792. The quantitative estimate of drug-likeness (QED) is 0.519. The molecule has 0 saturated carbocycles. The molecule has 8 nitrogen and oxygen atoms in total. The lowest BCUT2D eigenvalue weighted by molar-refractivity contribution is -0.151. The highest BCUT2D eigenvalue weighted by molar-refractivity contribution is 8.00. The number of carbonyl (C=O) groups excluding carboxylic acids is 2. The summed E-state index contributed by atoms with van der Waals surface area (Å²) < 4.78 is 0. The SMILES string of the molecule is Cc1ccc(C(N)C(=O)NC2C(=O)N3C(C(=O)O)=C(CO)CS[C@@H]23)cc1. The Morgan fingerprint density at radius 2 is 2.04 bits per heavy atom. The number of β-lactam (4-membered cyclic amide) rings is 1. The van der Waals surface area contributed by atoms with Gasteiger partial charge in [-0.3, -0.25) is 14.5 Å². The van der Waals surface area contributed by atoms with E-state index in [1.54, 1.807) is 12.1 Å². The van der Waals surface area contributed by atoms with Crippen LogP contribution in [0.1, 0.15) is 17.2 Å². The van der Waals surface area contributed by atoms with Crippen LogP contribution in [0.3, 0.4) is 0 Å². The number of amides is 2. The first kappa shape index (κ1) is 18.4. The Morgan fingerprint density at radius 3 is 2.62 bits per heavy atom. The minimum absolute atomic E-state index is 0.199. The standard InChI is InChI=1S/C17H19N3O5S/c1-8-2-4-9(5-3-8)11(18)14(22)19-12-15(23)20-13(17(24)25)10(6-21)7-26-16(12)20/h2-5,11-12,16,21H,6-7,18H2,1H3,(H,19,22)(H,24,25)/t11?,12?,16-/m0/s1. The van der Waals surface area contributed by atoms with Crippen molar-refractivity contribution in [3.63, 3.8) is 0 Å². The average molecular weight is 377 g/mol. The first-order chi connectivity index (χ1) is 12.3. The van der Waals surface area contributed by atoms with Gasteiger partial charge in [0.05, 0.1) is 6.61 Å². The molecule has 138 valence electrons. The molecule has 2 aliphatic rings. The van der Waals surface area contributed by atoms with Gasteiger partial charge in [0.15, 0.2) is 0 Å². The number of fused-ring (bicyclic) bond motifs is 1. The number of hydrogen-bond acceptors (Lipinski definition) is 6. The van der Waals surface area contributed by atoms with Gasteiger partial charge in [-0.1, -0.05) is 29.8 Å². The summed E-state index contributed by atoms with van der Waals surface area (Å²) in [6.45, 7) is 1.49. The van der Waals surface area contributed by atoms with Gasteiger partial charge in [0.25, 0.3) is 5.91 Å². The van der Waals surface area contributed by atoms with Crippen LogP contribution in [-0.4, -0.2) is 56.7 Å². The normalized spacial score (nSPS) is 23.2. The number of hydrogen-bond donors (Lipinski definition) is 4. The number of rotatable bonds is 5. The Kier molecular flexibility index (Phi) is 5.03. The molecule has 5 N–H and O–H groups in total. The number of nitrogens with two attached hydrogens (primary N) is 1. The molecular weight excluding hydrogens is 358 g/mol. The van der Waals surface area contributed by atoms with Crippen molar-refractivity contribution in [1.29, 1.82) is 0 Å². The second kappa shape index (κ2) is 7.10. The second-order valence-electron chi connectivity index (χ2n) is 6.20. The monoisotopic (exact) mass is 377 g/mol. The Labute approximate surface area is 154 Å². The highest BCUT2D eigenvalue weighted by atomic mass is 32.2. The highest BCUT2D eigenvalue weighted by Crippen LogP contribution is 2.40. The third kappa shape index (κ3) is 3.09. The van der Waals surface area contributed by atoms with Crippen molar-refractivity contribution in [2.45, 2.75) is 24.4 Å². The van der Waals surface area contributed by atoms with Crippen molar-refractivity contribution in [2.24, 2.45) is 5.73 Å². The Hall–Kier alpha value is -2.36. The average Bonchev–Trinajstić information content (AvgIpc) is 2.64. The first-order valence-electron chi connectivity index (χ1n) is 7.98. The lowest BCUT2D eigenvalue weighted by atomic mass is 10.0. The lowest BCUT2D eigenvalue weighted by Crippen LogP contribution is -2.71. The summed E-state index contributed by atoms with van der Waals surface area (Å²) in [4.78, 5) is 37.3. The predicted molar refractivity (Wildman–Crippen MR) is 94.9 cm³/mol. The largest absolute Gasteiger partial charge is 0.477 e. The Morgan fingerprint density at radius 1 is 1.38 bits per heavy atom. The molecule has 0 bridgehead atoms. The van der Waals surface area contributed by atoms with Crippen LogP contribution in [0.4, 0.5) is 0 Å². The molecule has 0 radical (unpaired) electrons. The molecule has 0 aromatic heterocycles. The van der Waals surface area contributed by atoms with E-state index in [1.807, 2.05) is 19.1 Å². The zero-order valence-corrected chi connectivity index (χ0v) is 14.8. The van der Waals surface area contributed by atoms with Crippen LogP contribution in [0.2, 0.25) is 0 Å². The van der Waals surface area contributed by atoms with E-state index in [2.05, 4.69) is 5.32 Å². The molecular formula is C17H19N3O5S. The minimum atomic E-state index is -1.27. The maximum absolute atomic E-state index is 12.4. The zero-order valence-electron chi connectivity index (χ0n) is 14.0. The number of nitrogens with zero attached hydrogens (tertiary/aromatic N) is 1. The van der Waals surface area contributed by atoms with Gasteiger partial charge < -0.3 is 21.3 Å². The summed E-state index contributed by atoms with van der Waals surface area (Å²) in [7, 11) is 0. The molecule has 3 atom stereocenters. The van der Waals surface area contributed by atoms with Gasteiger partial charge in [-0.2, -0.15) is 0 Å². The summed E-state index contributed by atoms with van der Waals surface area (Å²) in [5.74, 6) is -2.01. The molecule has 0 aliphatic carbocycles. The molecule has 2 heterocycles. The van der Waals surface area contributed by atoms with Crippen LogP contribution in [0.15, 0.2) is 35.5 Å². The number of nitrogens with one attached hydrogen (secondary N) is 1. The number of aliphatic hydroxyl groups is 1. The zero-order chi connectivity index (χ0) is 19.0. The molecule has 2 unspecified atom stereocenters. The van der Waals surface area contributed by atoms with Crippen LogP contribution in [0, 0.1) is 6.92 Å². The van der Waals surface area contributed by atoms with Crippen LogP contribution >= 0.6 is 11.8 Å². The van der Waals surface area contributed by atoms with Crippen LogP contribution in [-0.2, 0) is 14.4 Å². The third-order valence-corrected chi connectivity index (χ3v) is 5.80. The van der Waals surface area contributed by atoms with E-state index in [0.29, 0.717) is 5.56 Å². The van der Waals surface area contributed by atoms with Gasteiger partial charge in [0.2, 0.25) is 5.91 Å². The molecule has 1 fully saturated rings. The van der Waals surface area contributed by atoms with Gasteiger partial charge in [0, 0.05) is 5.75 Å². The number of carboxylic acid groups (broad SMARTS) is 1. The molecule has 2 aliphatic heterocycles. The minimum Gasteiger partial charge on any atom is -0.477 e. The topological polar surface area (TPSA) is 133 Å². The molecule has 0 spiro atoms. The van der Waals surface area contributed by atoms with Gasteiger partial charge in [0.1, 0.15) is 23.2 Å². The van der Waals surface area contributed by atoms with Crippen LogP contribution in [0.5, 0.6) is 0 Å². The van der Waals surface area contributed by atoms with Gasteiger partial charge in [-0.15, -0.1) is 11.8 Å². The first-order valence-corrected chi connectivity index (χ1v) is 9.03. The number of aliphatic hydroxyl groups excluding tert-OH is 1. The fraction of sp³-hybridized carbons (Fsp3) is 0.353. The number of aliphatic carboxylic acids is 1. The van der Waals surface area contributed by atoms with E-state index < -0.39 is 41.8 Å². The lowest BCUT2D eigenvalue weighted by Gasteiger charge is -2.49. The van der Waals surface area contributed by atoms with Crippen molar-refractivity contribution < 1.29 is 24.6 Å². The van der Waals surface area contributed by atoms with E-state index in [0.717, 1.165) is 10.5 Å². The number of carbonyl (C=O) groups is 3. The van der Waals surface area contributed by atoms with Crippen LogP contribution in [0.25, 0.3) is 0 Å². The maximum Gasteiger partial charge on any atom is 0.352 e. The summed E-state index contributed by atoms with van der Waals surface area (Å²) in [5.41, 5.74) is 7.72. The predicted octanol–water partition coefficient (Wildman–Crippen LogP) is -0.274. The van der Waals surface area contributed by atoms with E-state index in [4.69, 9.17) is 5.73 Å². The fourth-order valence-corrected chi connectivity index (χ4v) is 4.31. The Balaban J connectivity index is 1.72. The second-order valence-corrected chi connectivity index (χ2v) is 7.30. The molecule has 1 aromatic rings. The summed E-state index contributed by atoms with van der Waals surface area (Å²) in [6.07, 6.45) is 0. The number of carboxylic acids is 1. The fourth-order valence-electron chi connectivity index (χ4n) is 2.97. The van der Waals surface area contributed by atoms with Crippen molar-refractivity contribution >= 4 is 29.5 Å². The van der Waals surface area contributed by atoms with Crippen LogP contribution < -0.4 is 11.1 Å². The van der Waals surface area contributed by atoms with E-state index in [1.165, 1.54) is 11.8 Å². The molecule has 1 saturated heterocycles. The van der Waals surface area contributed by atoms with Crippen molar-refractivity contribution in [1.82, 2.24) is 10.2 Å². The van der Waals surface area contributed by atoms with Gasteiger partial charge in [-0.05, 0) is 18.1 Å². The highest BCUT2D eigenvalue weighted by Gasteiger charge is 2.54. The summed E-state index contributed by atoms with van der Waals surface area (Å²) >= 11 is 1.30. The van der Waals surface area contributed by atoms with E-state index >= 15 is 0 Å². The van der Waals surface area contributed by atoms with E-state index in [-0.39, 0.29) is 17.0 Å². The number of benzene rings is 1. The van der Waals surface area contributed by atoms with Crippen molar-refractivity contribution in [2.75, 3.05) is 12.4 Å². The molecule has 3 rings (SSSR count). The smallest absolute Gasteiger partial charge is 0.352 e. The maximum atomic E-state index is 12.4. The third-order valence-electron chi connectivity index (χ3n) is 4.46. The summed E-state index contributed by atoms with van der Waals surface area (Å²) in [5, 5.41) is 20.7. The van der Waals surface area contributed by atoms with Gasteiger partial charge >= 0.3 is 5.97 Å². The molecule has 2 amide bonds. The molecule has 26 heavy (non-hydrogen) atoms.